The summed E-state index contributed by atoms with van der Waals surface area (Å²) in [4.78, 5) is 14.0. The highest BCUT2D eigenvalue weighted by Crippen LogP contribution is 2.27. The van der Waals surface area contributed by atoms with Gasteiger partial charge in [0.15, 0.2) is 0 Å². The van der Waals surface area contributed by atoms with Gasteiger partial charge in [-0.3, -0.25) is 0 Å². The summed E-state index contributed by atoms with van der Waals surface area (Å²) in [5, 5.41) is 3.38. The van der Waals surface area contributed by atoms with Gasteiger partial charge in [0.25, 0.3) is 0 Å². The first-order valence-corrected chi connectivity index (χ1v) is 7.39. The third kappa shape index (κ3) is 5.01. The zero-order valence-electron chi connectivity index (χ0n) is 13.3. The fourth-order valence-electron chi connectivity index (χ4n) is 2.95. The molecule has 0 aromatic heterocycles. The number of ether oxygens (including phenoxy) is 1. The van der Waals surface area contributed by atoms with Gasteiger partial charge in [0.2, 0.25) is 0 Å². The zero-order valence-corrected chi connectivity index (χ0v) is 13.3. The molecule has 112 valence electrons. The molecule has 0 aliphatic carbocycles. The van der Waals surface area contributed by atoms with Gasteiger partial charge in [0.05, 0.1) is 0 Å². The van der Waals surface area contributed by atoms with Crippen LogP contribution in [0.15, 0.2) is 0 Å². The molecule has 1 unspecified atom stereocenters. The van der Waals surface area contributed by atoms with Gasteiger partial charge in [-0.15, -0.1) is 0 Å². The molecule has 0 spiro atoms. The Balaban J connectivity index is 2.72. The summed E-state index contributed by atoms with van der Waals surface area (Å²) < 4.78 is 5.49. The van der Waals surface area contributed by atoms with Crippen LogP contribution in [-0.4, -0.2) is 42.8 Å². The summed E-state index contributed by atoms with van der Waals surface area (Å²) in [5.74, 6) is 1.01. The molecule has 4 heteroatoms. The molecule has 1 rings (SSSR count). The predicted octanol–water partition coefficient (Wildman–Crippen LogP) is 2.88. The van der Waals surface area contributed by atoms with E-state index in [1.165, 1.54) is 0 Å². The summed E-state index contributed by atoms with van der Waals surface area (Å²) in [6.45, 7) is 12.2. The fourth-order valence-corrected chi connectivity index (χ4v) is 2.95. The fraction of sp³-hybridized carbons (Fsp3) is 0.933. The van der Waals surface area contributed by atoms with E-state index < -0.39 is 5.60 Å². The Hall–Kier alpha value is -0.770. The van der Waals surface area contributed by atoms with E-state index in [-0.39, 0.29) is 12.1 Å². The quantitative estimate of drug-likeness (QED) is 0.857. The molecule has 19 heavy (non-hydrogen) atoms. The van der Waals surface area contributed by atoms with Gasteiger partial charge < -0.3 is 15.0 Å². The van der Waals surface area contributed by atoms with E-state index in [0.717, 1.165) is 25.9 Å². The lowest BCUT2D eigenvalue weighted by atomic mass is 9.83. The Bertz CT molecular complexity index is 291. The minimum absolute atomic E-state index is 0.204. The molecule has 1 aliphatic rings. The molecule has 1 fully saturated rings. The van der Waals surface area contributed by atoms with Crippen LogP contribution in [0, 0.1) is 11.8 Å². The highest BCUT2D eigenvalue weighted by molar-refractivity contribution is 5.68. The third-order valence-corrected chi connectivity index (χ3v) is 3.68. The number of amides is 1. The minimum atomic E-state index is -0.430. The van der Waals surface area contributed by atoms with E-state index in [1.54, 1.807) is 0 Å². The molecular formula is C15H30N2O2. The second-order valence-corrected chi connectivity index (χ2v) is 6.91. The summed E-state index contributed by atoms with van der Waals surface area (Å²) in [5.41, 5.74) is -0.430. The van der Waals surface area contributed by atoms with Crippen molar-refractivity contribution in [3.8, 4) is 0 Å². The minimum Gasteiger partial charge on any atom is -0.444 e. The molecule has 1 heterocycles. The number of hydrogen-bond donors (Lipinski definition) is 1. The smallest absolute Gasteiger partial charge is 0.410 e. The molecule has 0 aromatic rings. The maximum atomic E-state index is 12.2. The van der Waals surface area contributed by atoms with E-state index in [4.69, 9.17) is 4.74 Å². The number of carbonyl (C=O) groups is 1. The van der Waals surface area contributed by atoms with Crippen LogP contribution in [0.4, 0.5) is 4.79 Å². The highest BCUT2D eigenvalue weighted by Gasteiger charge is 2.33. The third-order valence-electron chi connectivity index (χ3n) is 3.68. The molecule has 1 saturated heterocycles. The molecular weight excluding hydrogens is 240 g/mol. The SMILES string of the molecule is CC(C)C(C1CCNCC1)N(C)C(=O)OC(C)(C)C. The number of piperidine rings is 1. The van der Waals surface area contributed by atoms with Crippen molar-refractivity contribution in [3.63, 3.8) is 0 Å². The largest absolute Gasteiger partial charge is 0.444 e. The van der Waals surface area contributed by atoms with Crippen molar-refractivity contribution >= 4 is 6.09 Å². The topological polar surface area (TPSA) is 41.6 Å². The monoisotopic (exact) mass is 270 g/mol. The lowest BCUT2D eigenvalue weighted by Crippen LogP contribution is -2.49. The molecule has 0 saturated carbocycles. The lowest BCUT2D eigenvalue weighted by molar-refractivity contribution is 0.00765. The number of hydrogen-bond acceptors (Lipinski definition) is 3. The summed E-state index contributed by atoms with van der Waals surface area (Å²) in [7, 11) is 1.88. The molecule has 0 bridgehead atoms. The number of nitrogens with zero attached hydrogens (tertiary/aromatic N) is 1. The standard InChI is InChI=1S/C15H30N2O2/c1-11(2)13(12-7-9-16-10-8-12)17(6)14(18)19-15(3,4)5/h11-13,16H,7-10H2,1-6H3. The van der Waals surface area contributed by atoms with E-state index in [2.05, 4.69) is 19.2 Å². The van der Waals surface area contributed by atoms with Gasteiger partial charge in [-0.05, 0) is 58.5 Å². The highest BCUT2D eigenvalue weighted by atomic mass is 16.6. The van der Waals surface area contributed by atoms with Crippen LogP contribution < -0.4 is 5.32 Å². The zero-order chi connectivity index (χ0) is 14.6. The molecule has 1 N–H and O–H groups in total. The van der Waals surface area contributed by atoms with Crippen molar-refractivity contribution < 1.29 is 9.53 Å². The van der Waals surface area contributed by atoms with Crippen molar-refractivity contribution in [1.82, 2.24) is 10.2 Å². The van der Waals surface area contributed by atoms with Crippen LogP contribution >= 0.6 is 0 Å². The first-order chi connectivity index (χ1) is 8.72. The van der Waals surface area contributed by atoms with Crippen LogP contribution in [0.2, 0.25) is 0 Å². The van der Waals surface area contributed by atoms with E-state index in [0.29, 0.717) is 11.8 Å². The summed E-state index contributed by atoms with van der Waals surface area (Å²) >= 11 is 0. The Kier molecular flexibility index (Phi) is 5.65. The first kappa shape index (κ1) is 16.3. The maximum Gasteiger partial charge on any atom is 0.410 e. The van der Waals surface area contributed by atoms with E-state index >= 15 is 0 Å². The number of nitrogens with one attached hydrogen (secondary N) is 1. The van der Waals surface area contributed by atoms with Gasteiger partial charge in [-0.25, -0.2) is 4.79 Å². The molecule has 1 amide bonds. The van der Waals surface area contributed by atoms with Crippen molar-refractivity contribution in [3.05, 3.63) is 0 Å². The van der Waals surface area contributed by atoms with Gasteiger partial charge in [-0.2, -0.15) is 0 Å². The maximum absolute atomic E-state index is 12.2. The predicted molar refractivity (Wildman–Crippen MR) is 78.2 cm³/mol. The van der Waals surface area contributed by atoms with Crippen LogP contribution in [0.1, 0.15) is 47.5 Å². The van der Waals surface area contributed by atoms with E-state index in [9.17, 15) is 4.79 Å². The van der Waals surface area contributed by atoms with Crippen LogP contribution in [0.5, 0.6) is 0 Å². The average molecular weight is 270 g/mol. The number of rotatable bonds is 3. The molecule has 1 atom stereocenters. The van der Waals surface area contributed by atoms with Crippen molar-refractivity contribution in [2.45, 2.75) is 59.1 Å². The van der Waals surface area contributed by atoms with Crippen molar-refractivity contribution in [2.75, 3.05) is 20.1 Å². The van der Waals surface area contributed by atoms with Gasteiger partial charge in [-0.1, -0.05) is 13.8 Å². The second kappa shape index (κ2) is 6.60. The Morgan fingerprint density at radius 1 is 1.26 bits per heavy atom. The van der Waals surface area contributed by atoms with Crippen molar-refractivity contribution in [2.24, 2.45) is 11.8 Å². The lowest BCUT2D eigenvalue weighted by Gasteiger charge is -2.39. The molecule has 0 radical (unpaired) electrons. The Labute approximate surface area is 117 Å². The van der Waals surface area contributed by atoms with Crippen LogP contribution in [0.25, 0.3) is 0 Å². The summed E-state index contributed by atoms with van der Waals surface area (Å²) in [6.07, 6.45) is 2.07. The van der Waals surface area contributed by atoms with Crippen LogP contribution in [-0.2, 0) is 4.74 Å². The second-order valence-electron chi connectivity index (χ2n) is 6.91. The average Bonchev–Trinajstić information content (AvgIpc) is 2.27. The molecule has 0 aromatic carbocycles. The first-order valence-electron chi connectivity index (χ1n) is 7.39. The van der Waals surface area contributed by atoms with Gasteiger partial charge in [0.1, 0.15) is 5.60 Å². The van der Waals surface area contributed by atoms with Crippen LogP contribution in [0.3, 0.4) is 0 Å². The number of carbonyl (C=O) groups excluding carboxylic acids is 1. The van der Waals surface area contributed by atoms with Gasteiger partial charge in [0, 0.05) is 13.1 Å². The van der Waals surface area contributed by atoms with Gasteiger partial charge >= 0.3 is 6.09 Å². The normalized spacial score (nSPS) is 19.3. The van der Waals surface area contributed by atoms with Crippen molar-refractivity contribution in [1.29, 1.82) is 0 Å². The summed E-state index contributed by atoms with van der Waals surface area (Å²) in [6, 6.07) is 0.261. The van der Waals surface area contributed by atoms with E-state index in [1.807, 2.05) is 32.7 Å². The Morgan fingerprint density at radius 3 is 2.21 bits per heavy atom. The Morgan fingerprint density at radius 2 is 1.79 bits per heavy atom. The molecule has 4 nitrogen and oxygen atoms in total. The molecule has 1 aliphatic heterocycles.